The van der Waals surface area contributed by atoms with Gasteiger partial charge in [0, 0.05) is 5.56 Å². The van der Waals surface area contributed by atoms with Gasteiger partial charge in [0.2, 0.25) is 0 Å². The smallest absolute Gasteiger partial charge is 0.168 e. The molecule has 0 saturated carbocycles. The first-order chi connectivity index (χ1) is 12.7. The van der Waals surface area contributed by atoms with Crippen molar-refractivity contribution in [1.29, 1.82) is 0 Å². The molecule has 0 amide bonds. The van der Waals surface area contributed by atoms with E-state index >= 15 is 0 Å². The third-order valence-corrected chi connectivity index (χ3v) is 3.74. The first-order valence-electron chi connectivity index (χ1n) is 8.19. The molecule has 26 heavy (non-hydrogen) atoms. The van der Waals surface area contributed by atoms with Crippen LogP contribution in [0.4, 0.5) is 0 Å². The van der Waals surface area contributed by atoms with E-state index in [1.807, 2.05) is 38.1 Å². The molecule has 2 aromatic heterocycles. The van der Waals surface area contributed by atoms with Crippen molar-refractivity contribution in [1.82, 2.24) is 19.7 Å². The summed E-state index contributed by atoms with van der Waals surface area (Å²) in [6.07, 6.45) is 6.76. The van der Waals surface area contributed by atoms with Gasteiger partial charge in [0.25, 0.3) is 0 Å². The van der Waals surface area contributed by atoms with Gasteiger partial charge in [-0.25, -0.2) is 14.6 Å². The van der Waals surface area contributed by atoms with Crippen LogP contribution in [0.1, 0.15) is 13.8 Å². The van der Waals surface area contributed by atoms with Crippen molar-refractivity contribution in [2.24, 2.45) is 0 Å². The zero-order chi connectivity index (χ0) is 19.1. The summed E-state index contributed by atoms with van der Waals surface area (Å²) in [5, 5.41) is 5.34. The Balaban J connectivity index is 0.00000117. The van der Waals surface area contributed by atoms with Crippen molar-refractivity contribution >= 4 is 28.3 Å². The standard InChI is InChI=1S/C18H15ClN4O.C2H6/c1-4-7-13(5-2)23-18-15(11-20-23)16(19)21-17(22-18)12-8-6-9-14(10-12)24-3;1-2/h4-11H,1-2H2,3H3;1-2H3/b13-7+;. The first kappa shape index (κ1) is 19.4. The summed E-state index contributed by atoms with van der Waals surface area (Å²) in [6, 6.07) is 7.48. The lowest BCUT2D eigenvalue weighted by molar-refractivity contribution is 0.415. The van der Waals surface area contributed by atoms with Crippen molar-refractivity contribution in [2.75, 3.05) is 7.11 Å². The van der Waals surface area contributed by atoms with Crippen LogP contribution in [0.25, 0.3) is 28.1 Å². The number of halogens is 1. The van der Waals surface area contributed by atoms with E-state index in [-0.39, 0.29) is 0 Å². The van der Waals surface area contributed by atoms with E-state index in [9.17, 15) is 0 Å². The average molecular weight is 369 g/mol. The number of hydrogen-bond donors (Lipinski definition) is 0. The quantitative estimate of drug-likeness (QED) is 0.447. The molecule has 0 unspecified atom stereocenters. The third-order valence-electron chi connectivity index (χ3n) is 3.45. The second-order valence-electron chi connectivity index (χ2n) is 4.89. The summed E-state index contributed by atoms with van der Waals surface area (Å²) >= 11 is 6.32. The van der Waals surface area contributed by atoms with Gasteiger partial charge in [-0.2, -0.15) is 5.10 Å². The number of rotatable bonds is 5. The predicted octanol–water partition coefficient (Wildman–Crippen LogP) is 5.39. The Morgan fingerprint density at radius 1 is 1.23 bits per heavy atom. The SMILES string of the molecule is C=C/C=C(\C=C)n1ncc2c(Cl)nc(-c3cccc(OC)c3)nc21.CC. The van der Waals surface area contributed by atoms with E-state index in [1.165, 1.54) is 0 Å². The van der Waals surface area contributed by atoms with E-state index in [0.717, 1.165) is 17.0 Å². The number of allylic oxidation sites excluding steroid dienone is 4. The molecule has 0 radical (unpaired) electrons. The van der Waals surface area contributed by atoms with Gasteiger partial charge in [0.15, 0.2) is 11.5 Å². The normalized spacial score (nSPS) is 10.8. The van der Waals surface area contributed by atoms with Crippen molar-refractivity contribution in [3.8, 4) is 17.1 Å². The molecule has 0 bridgehead atoms. The summed E-state index contributed by atoms with van der Waals surface area (Å²) in [7, 11) is 1.61. The van der Waals surface area contributed by atoms with Crippen molar-refractivity contribution < 1.29 is 4.74 Å². The molecule has 0 spiro atoms. The van der Waals surface area contributed by atoms with Crippen molar-refractivity contribution in [3.05, 3.63) is 67.0 Å². The van der Waals surface area contributed by atoms with Gasteiger partial charge in [-0.05, 0) is 24.3 Å². The molecule has 0 atom stereocenters. The van der Waals surface area contributed by atoms with E-state index in [1.54, 1.807) is 36.2 Å². The van der Waals surface area contributed by atoms with Crippen LogP contribution < -0.4 is 4.74 Å². The lowest BCUT2D eigenvalue weighted by Gasteiger charge is -2.07. The van der Waals surface area contributed by atoms with E-state index < -0.39 is 0 Å². The summed E-state index contributed by atoms with van der Waals surface area (Å²) in [5.41, 5.74) is 2.14. The molecule has 2 heterocycles. The Morgan fingerprint density at radius 3 is 2.65 bits per heavy atom. The van der Waals surface area contributed by atoms with E-state index in [0.29, 0.717) is 22.0 Å². The Labute approximate surface area is 158 Å². The van der Waals surface area contributed by atoms with Crippen LogP contribution in [0.5, 0.6) is 5.75 Å². The molecule has 0 fully saturated rings. The highest BCUT2D eigenvalue weighted by Gasteiger charge is 2.14. The monoisotopic (exact) mass is 368 g/mol. The topological polar surface area (TPSA) is 52.8 Å². The molecular formula is C20H21ClN4O. The fraction of sp³-hybridized carbons (Fsp3) is 0.150. The molecule has 1 aromatic carbocycles. The number of nitrogens with zero attached hydrogens (tertiary/aromatic N) is 4. The fourth-order valence-electron chi connectivity index (χ4n) is 2.30. The summed E-state index contributed by atoms with van der Waals surface area (Å²) in [6.45, 7) is 11.5. The molecule has 0 aliphatic rings. The molecule has 0 saturated heterocycles. The molecule has 5 nitrogen and oxygen atoms in total. The van der Waals surface area contributed by atoms with Gasteiger partial charge in [-0.15, -0.1) is 0 Å². The lowest BCUT2D eigenvalue weighted by atomic mass is 10.2. The van der Waals surface area contributed by atoms with Crippen LogP contribution in [0.3, 0.4) is 0 Å². The highest BCUT2D eigenvalue weighted by atomic mass is 35.5. The predicted molar refractivity (Wildman–Crippen MR) is 108 cm³/mol. The van der Waals surface area contributed by atoms with Gasteiger partial charge >= 0.3 is 0 Å². The first-order valence-corrected chi connectivity index (χ1v) is 8.57. The second kappa shape index (κ2) is 8.97. The van der Waals surface area contributed by atoms with Gasteiger partial charge in [-0.1, -0.05) is 56.8 Å². The van der Waals surface area contributed by atoms with Crippen molar-refractivity contribution in [2.45, 2.75) is 13.8 Å². The van der Waals surface area contributed by atoms with Crippen LogP contribution in [0, 0.1) is 0 Å². The number of ether oxygens (including phenoxy) is 1. The third kappa shape index (κ3) is 3.83. The summed E-state index contributed by atoms with van der Waals surface area (Å²) in [5.74, 6) is 1.22. The van der Waals surface area contributed by atoms with Gasteiger partial charge < -0.3 is 4.74 Å². The molecule has 0 aliphatic carbocycles. The van der Waals surface area contributed by atoms with E-state index in [2.05, 4.69) is 28.2 Å². The maximum absolute atomic E-state index is 6.32. The largest absolute Gasteiger partial charge is 0.497 e. The summed E-state index contributed by atoms with van der Waals surface area (Å²) in [4.78, 5) is 8.99. The van der Waals surface area contributed by atoms with Crippen LogP contribution >= 0.6 is 11.6 Å². The number of hydrogen-bond acceptors (Lipinski definition) is 4. The minimum atomic E-state index is 0.339. The Hall–Kier alpha value is -2.92. The Morgan fingerprint density at radius 2 is 2.00 bits per heavy atom. The van der Waals surface area contributed by atoms with Crippen molar-refractivity contribution in [3.63, 3.8) is 0 Å². The number of methoxy groups -OCH3 is 1. The minimum Gasteiger partial charge on any atom is -0.497 e. The second-order valence-corrected chi connectivity index (χ2v) is 5.25. The average Bonchev–Trinajstić information content (AvgIpc) is 3.12. The molecule has 3 rings (SSSR count). The molecule has 134 valence electrons. The maximum atomic E-state index is 6.32. The number of benzene rings is 1. The number of aromatic nitrogens is 4. The number of fused-ring (bicyclic) bond motifs is 1. The lowest BCUT2D eigenvalue weighted by Crippen LogP contribution is -2.00. The van der Waals surface area contributed by atoms with Crippen LogP contribution in [0.15, 0.2) is 61.8 Å². The molecular weight excluding hydrogens is 348 g/mol. The summed E-state index contributed by atoms with van der Waals surface area (Å²) < 4.78 is 6.90. The van der Waals surface area contributed by atoms with Gasteiger partial charge in [0.1, 0.15) is 10.9 Å². The van der Waals surface area contributed by atoms with Crippen LogP contribution in [-0.4, -0.2) is 26.9 Å². The zero-order valence-electron chi connectivity index (χ0n) is 15.1. The van der Waals surface area contributed by atoms with Crippen LogP contribution in [0.2, 0.25) is 5.15 Å². The fourth-order valence-corrected chi connectivity index (χ4v) is 2.51. The van der Waals surface area contributed by atoms with E-state index in [4.69, 9.17) is 16.3 Å². The van der Waals surface area contributed by atoms with Gasteiger partial charge in [-0.3, -0.25) is 0 Å². The molecule has 6 heteroatoms. The molecule has 3 aromatic rings. The Kier molecular flexibility index (Phi) is 6.69. The van der Waals surface area contributed by atoms with Crippen LogP contribution in [-0.2, 0) is 0 Å². The molecule has 0 aliphatic heterocycles. The maximum Gasteiger partial charge on any atom is 0.168 e. The van der Waals surface area contributed by atoms with Gasteiger partial charge in [0.05, 0.1) is 24.4 Å². The zero-order valence-corrected chi connectivity index (χ0v) is 15.9. The Bertz CT molecular complexity index is 960. The highest BCUT2D eigenvalue weighted by molar-refractivity contribution is 6.34. The molecule has 0 N–H and O–H groups in total. The minimum absolute atomic E-state index is 0.339. The highest BCUT2D eigenvalue weighted by Crippen LogP contribution is 2.27.